The maximum absolute atomic E-state index is 5.85. The Balaban J connectivity index is 1.72. The molecule has 0 saturated heterocycles. The Morgan fingerprint density at radius 1 is 0.889 bits per heavy atom. The van der Waals surface area contributed by atoms with Gasteiger partial charge in [-0.1, -0.05) is 39.5 Å². The standard InChI is InChI=1S/C17H32O/c1-4-18-17-10-9-16(11-14(17)3)12-15-7-5-13(2)6-8-15/h13-17H,4-12H2,1-3H3. The Morgan fingerprint density at radius 2 is 1.56 bits per heavy atom. The lowest BCUT2D eigenvalue weighted by Crippen LogP contribution is -2.31. The minimum atomic E-state index is 0.553. The Labute approximate surface area is 114 Å². The molecule has 106 valence electrons. The van der Waals surface area contributed by atoms with Crippen molar-refractivity contribution in [2.75, 3.05) is 6.61 Å². The summed E-state index contributed by atoms with van der Waals surface area (Å²) in [4.78, 5) is 0. The molecule has 0 amide bonds. The van der Waals surface area contributed by atoms with Crippen molar-refractivity contribution in [2.45, 2.75) is 78.2 Å². The van der Waals surface area contributed by atoms with Crippen LogP contribution in [-0.4, -0.2) is 12.7 Å². The number of hydrogen-bond donors (Lipinski definition) is 0. The molecule has 2 aliphatic carbocycles. The van der Waals surface area contributed by atoms with Crippen LogP contribution in [0.1, 0.15) is 72.1 Å². The largest absolute Gasteiger partial charge is 0.378 e. The van der Waals surface area contributed by atoms with Crippen LogP contribution in [-0.2, 0) is 4.74 Å². The van der Waals surface area contributed by atoms with Crippen molar-refractivity contribution < 1.29 is 4.74 Å². The number of hydrogen-bond acceptors (Lipinski definition) is 1. The minimum Gasteiger partial charge on any atom is -0.378 e. The molecule has 0 aromatic carbocycles. The highest BCUT2D eigenvalue weighted by Crippen LogP contribution is 2.39. The third-order valence-electron chi connectivity index (χ3n) is 5.38. The van der Waals surface area contributed by atoms with Crippen LogP contribution in [0.2, 0.25) is 0 Å². The lowest BCUT2D eigenvalue weighted by atomic mass is 9.72. The first kappa shape index (κ1) is 14.4. The summed E-state index contributed by atoms with van der Waals surface area (Å²) >= 11 is 0. The first-order valence-corrected chi connectivity index (χ1v) is 8.30. The molecule has 2 aliphatic rings. The molecule has 2 saturated carbocycles. The van der Waals surface area contributed by atoms with E-state index in [-0.39, 0.29) is 0 Å². The Morgan fingerprint density at radius 3 is 2.17 bits per heavy atom. The van der Waals surface area contributed by atoms with E-state index in [2.05, 4.69) is 20.8 Å². The molecule has 18 heavy (non-hydrogen) atoms. The van der Waals surface area contributed by atoms with Crippen LogP contribution >= 0.6 is 0 Å². The van der Waals surface area contributed by atoms with Crippen LogP contribution in [0.5, 0.6) is 0 Å². The van der Waals surface area contributed by atoms with Crippen LogP contribution in [0.4, 0.5) is 0 Å². The van der Waals surface area contributed by atoms with Crippen molar-refractivity contribution in [3.63, 3.8) is 0 Å². The Bertz CT molecular complexity index is 230. The number of ether oxygens (including phenoxy) is 1. The first-order chi connectivity index (χ1) is 8.69. The molecule has 1 nitrogen and oxygen atoms in total. The summed E-state index contributed by atoms with van der Waals surface area (Å²) in [6, 6.07) is 0. The van der Waals surface area contributed by atoms with Gasteiger partial charge in [0.25, 0.3) is 0 Å². The topological polar surface area (TPSA) is 9.23 Å². The van der Waals surface area contributed by atoms with E-state index in [4.69, 9.17) is 4.74 Å². The molecule has 0 heterocycles. The van der Waals surface area contributed by atoms with Gasteiger partial charge in [-0.15, -0.1) is 0 Å². The summed E-state index contributed by atoms with van der Waals surface area (Å²) in [6.07, 6.45) is 12.2. The highest BCUT2D eigenvalue weighted by molar-refractivity contribution is 4.81. The van der Waals surface area contributed by atoms with Gasteiger partial charge in [-0.25, -0.2) is 0 Å². The molecule has 3 unspecified atom stereocenters. The van der Waals surface area contributed by atoms with Crippen LogP contribution < -0.4 is 0 Å². The number of rotatable bonds is 4. The summed E-state index contributed by atoms with van der Waals surface area (Å²) in [5, 5.41) is 0. The average Bonchev–Trinajstić information content (AvgIpc) is 2.36. The van der Waals surface area contributed by atoms with E-state index >= 15 is 0 Å². The molecular weight excluding hydrogens is 220 g/mol. The van der Waals surface area contributed by atoms with E-state index in [0.717, 1.165) is 30.3 Å². The predicted molar refractivity (Wildman–Crippen MR) is 77.7 cm³/mol. The summed E-state index contributed by atoms with van der Waals surface area (Å²) < 4.78 is 5.85. The second kappa shape index (κ2) is 6.93. The highest BCUT2D eigenvalue weighted by Gasteiger charge is 2.30. The maximum atomic E-state index is 5.85. The van der Waals surface area contributed by atoms with E-state index in [1.807, 2.05) is 0 Å². The molecule has 2 fully saturated rings. The molecule has 0 N–H and O–H groups in total. The molecule has 0 bridgehead atoms. The van der Waals surface area contributed by atoms with E-state index in [0.29, 0.717) is 6.10 Å². The average molecular weight is 252 g/mol. The third-order valence-corrected chi connectivity index (χ3v) is 5.38. The van der Waals surface area contributed by atoms with Gasteiger partial charge in [-0.3, -0.25) is 0 Å². The molecule has 3 atom stereocenters. The van der Waals surface area contributed by atoms with Crippen molar-refractivity contribution in [3.05, 3.63) is 0 Å². The summed E-state index contributed by atoms with van der Waals surface area (Å²) in [5.74, 6) is 3.82. The van der Waals surface area contributed by atoms with Crippen LogP contribution in [0.25, 0.3) is 0 Å². The fourth-order valence-electron chi connectivity index (χ4n) is 4.19. The second-order valence-corrected chi connectivity index (χ2v) is 7.01. The van der Waals surface area contributed by atoms with Gasteiger partial charge in [0.2, 0.25) is 0 Å². The zero-order chi connectivity index (χ0) is 13.0. The molecule has 0 aliphatic heterocycles. The van der Waals surface area contributed by atoms with E-state index in [1.54, 1.807) is 0 Å². The van der Waals surface area contributed by atoms with Gasteiger partial charge in [0.05, 0.1) is 6.10 Å². The van der Waals surface area contributed by atoms with E-state index < -0.39 is 0 Å². The molecule has 0 radical (unpaired) electrons. The van der Waals surface area contributed by atoms with Crippen molar-refractivity contribution >= 4 is 0 Å². The highest BCUT2D eigenvalue weighted by atomic mass is 16.5. The SMILES string of the molecule is CCOC1CCC(CC2CCC(C)CC2)CC1C. The molecule has 0 aromatic rings. The second-order valence-electron chi connectivity index (χ2n) is 7.01. The van der Waals surface area contributed by atoms with Gasteiger partial charge in [-0.05, 0) is 56.3 Å². The fourth-order valence-corrected chi connectivity index (χ4v) is 4.19. The van der Waals surface area contributed by atoms with Crippen molar-refractivity contribution in [1.29, 1.82) is 0 Å². The van der Waals surface area contributed by atoms with Crippen LogP contribution in [0.15, 0.2) is 0 Å². The summed E-state index contributed by atoms with van der Waals surface area (Å²) in [6.45, 7) is 7.84. The quantitative estimate of drug-likeness (QED) is 0.680. The van der Waals surface area contributed by atoms with Crippen molar-refractivity contribution in [1.82, 2.24) is 0 Å². The lowest BCUT2D eigenvalue weighted by Gasteiger charge is -2.36. The van der Waals surface area contributed by atoms with Crippen molar-refractivity contribution in [3.8, 4) is 0 Å². The van der Waals surface area contributed by atoms with Gasteiger partial charge < -0.3 is 4.74 Å². The molecule has 0 aromatic heterocycles. The fraction of sp³-hybridized carbons (Fsp3) is 1.00. The van der Waals surface area contributed by atoms with Gasteiger partial charge in [0.1, 0.15) is 0 Å². The predicted octanol–water partition coefficient (Wildman–Crippen LogP) is 5.04. The van der Waals surface area contributed by atoms with Crippen LogP contribution in [0, 0.1) is 23.7 Å². The Hall–Kier alpha value is -0.0400. The third kappa shape index (κ3) is 3.98. The van der Waals surface area contributed by atoms with Crippen molar-refractivity contribution in [2.24, 2.45) is 23.7 Å². The molecule has 2 rings (SSSR count). The zero-order valence-electron chi connectivity index (χ0n) is 12.7. The summed E-state index contributed by atoms with van der Waals surface area (Å²) in [5.41, 5.74) is 0. The normalized spacial score (nSPS) is 41.8. The van der Waals surface area contributed by atoms with E-state index in [9.17, 15) is 0 Å². The lowest BCUT2D eigenvalue weighted by molar-refractivity contribution is -0.0143. The maximum Gasteiger partial charge on any atom is 0.0600 e. The zero-order valence-corrected chi connectivity index (χ0v) is 12.7. The smallest absolute Gasteiger partial charge is 0.0600 e. The van der Waals surface area contributed by atoms with Gasteiger partial charge in [0, 0.05) is 6.61 Å². The van der Waals surface area contributed by atoms with Gasteiger partial charge >= 0.3 is 0 Å². The monoisotopic (exact) mass is 252 g/mol. The first-order valence-electron chi connectivity index (χ1n) is 8.30. The minimum absolute atomic E-state index is 0.553. The Kier molecular flexibility index (Phi) is 5.54. The molecular formula is C17H32O. The molecule has 0 spiro atoms. The van der Waals surface area contributed by atoms with Crippen LogP contribution in [0.3, 0.4) is 0 Å². The summed E-state index contributed by atoms with van der Waals surface area (Å²) in [7, 11) is 0. The van der Waals surface area contributed by atoms with E-state index in [1.165, 1.54) is 51.4 Å². The van der Waals surface area contributed by atoms with Gasteiger partial charge in [0.15, 0.2) is 0 Å². The molecule has 1 heteroatoms. The van der Waals surface area contributed by atoms with Gasteiger partial charge in [-0.2, -0.15) is 0 Å².